The summed E-state index contributed by atoms with van der Waals surface area (Å²) in [4.78, 5) is 32.3. The maximum Gasteiger partial charge on any atom is 0.303 e. The molecule has 0 fully saturated rings. The number of aliphatic carboxylic acids is 1. The molecule has 2 amide bonds. The highest BCUT2D eigenvalue weighted by Crippen LogP contribution is 1.95. The molecule has 0 saturated heterocycles. The van der Waals surface area contributed by atoms with Crippen molar-refractivity contribution in [1.82, 2.24) is 10.6 Å². The first-order valence-corrected chi connectivity index (χ1v) is 4.70. The zero-order chi connectivity index (χ0) is 11.8. The Morgan fingerprint density at radius 3 is 2.33 bits per heavy atom. The van der Waals surface area contributed by atoms with E-state index in [1.807, 2.05) is 0 Å². The van der Waals surface area contributed by atoms with E-state index >= 15 is 0 Å². The van der Waals surface area contributed by atoms with Gasteiger partial charge in [-0.25, -0.2) is 0 Å². The molecule has 0 spiro atoms. The Hall–Kier alpha value is -1.59. The lowest BCUT2D eigenvalue weighted by molar-refractivity contribution is -0.137. The second-order valence-electron chi connectivity index (χ2n) is 3.15. The van der Waals surface area contributed by atoms with Gasteiger partial charge in [-0.15, -0.1) is 0 Å². The van der Waals surface area contributed by atoms with Crippen LogP contribution in [0.25, 0.3) is 0 Å². The van der Waals surface area contributed by atoms with Gasteiger partial charge in [0.15, 0.2) is 0 Å². The third-order valence-electron chi connectivity index (χ3n) is 1.81. The van der Waals surface area contributed by atoms with Crippen LogP contribution in [0.1, 0.15) is 26.2 Å². The Labute approximate surface area is 88.0 Å². The first-order valence-electron chi connectivity index (χ1n) is 4.70. The lowest BCUT2D eigenvalue weighted by atomic mass is 10.2. The van der Waals surface area contributed by atoms with Gasteiger partial charge in [0.25, 0.3) is 0 Å². The van der Waals surface area contributed by atoms with Gasteiger partial charge in [-0.3, -0.25) is 14.4 Å². The van der Waals surface area contributed by atoms with E-state index < -0.39 is 12.0 Å². The minimum Gasteiger partial charge on any atom is -0.481 e. The van der Waals surface area contributed by atoms with Gasteiger partial charge >= 0.3 is 5.97 Å². The van der Waals surface area contributed by atoms with E-state index in [0.717, 1.165) is 0 Å². The monoisotopic (exact) mass is 216 g/mol. The average molecular weight is 216 g/mol. The number of amides is 2. The van der Waals surface area contributed by atoms with Crippen LogP contribution in [0.4, 0.5) is 0 Å². The number of nitrogens with one attached hydrogen (secondary N) is 2. The standard InChI is InChI=1S/C9H16N2O4/c1-6(9(15)10-2)11-7(12)4-3-5-8(13)14/h6H,3-5H2,1-2H3,(H,10,15)(H,11,12)(H,13,14). The van der Waals surface area contributed by atoms with Crippen LogP contribution in [0.15, 0.2) is 0 Å². The maximum atomic E-state index is 11.2. The van der Waals surface area contributed by atoms with Gasteiger partial charge in [0.05, 0.1) is 0 Å². The molecule has 86 valence electrons. The summed E-state index contributed by atoms with van der Waals surface area (Å²) in [6, 6.07) is -0.590. The summed E-state index contributed by atoms with van der Waals surface area (Å²) < 4.78 is 0. The van der Waals surface area contributed by atoms with Crippen molar-refractivity contribution in [2.45, 2.75) is 32.2 Å². The highest BCUT2D eigenvalue weighted by Gasteiger charge is 2.13. The number of carbonyl (C=O) groups is 3. The minimum atomic E-state index is -0.929. The number of carbonyl (C=O) groups excluding carboxylic acids is 2. The predicted molar refractivity (Wildman–Crippen MR) is 53.2 cm³/mol. The predicted octanol–water partition coefficient (Wildman–Crippen LogP) is -0.508. The topological polar surface area (TPSA) is 95.5 Å². The lowest BCUT2D eigenvalue weighted by Gasteiger charge is -2.11. The molecule has 0 aromatic rings. The maximum absolute atomic E-state index is 11.2. The first-order chi connectivity index (χ1) is 6.97. The van der Waals surface area contributed by atoms with E-state index in [2.05, 4.69) is 10.6 Å². The van der Waals surface area contributed by atoms with Crippen LogP contribution in [0.5, 0.6) is 0 Å². The molecule has 0 aliphatic heterocycles. The Kier molecular flexibility index (Phi) is 6.08. The van der Waals surface area contributed by atoms with Crippen LogP contribution in [-0.4, -0.2) is 36.0 Å². The molecule has 0 aromatic heterocycles. The summed E-state index contributed by atoms with van der Waals surface area (Å²) in [5, 5.41) is 13.2. The molecule has 1 unspecified atom stereocenters. The molecular weight excluding hydrogens is 200 g/mol. The van der Waals surface area contributed by atoms with Crippen LogP contribution >= 0.6 is 0 Å². The number of likely N-dealkylation sites (N-methyl/N-ethyl adjacent to an activating group) is 1. The van der Waals surface area contributed by atoms with Crippen molar-refractivity contribution in [3.63, 3.8) is 0 Å². The quantitative estimate of drug-likeness (QED) is 0.557. The van der Waals surface area contributed by atoms with Crippen molar-refractivity contribution < 1.29 is 19.5 Å². The molecule has 0 aliphatic rings. The van der Waals surface area contributed by atoms with Crippen molar-refractivity contribution in [2.24, 2.45) is 0 Å². The van der Waals surface area contributed by atoms with Gasteiger partial charge in [-0.1, -0.05) is 0 Å². The Balaban J connectivity index is 3.74. The van der Waals surface area contributed by atoms with E-state index in [1.54, 1.807) is 6.92 Å². The number of hydrogen-bond donors (Lipinski definition) is 3. The zero-order valence-corrected chi connectivity index (χ0v) is 8.87. The molecule has 6 nitrogen and oxygen atoms in total. The third kappa shape index (κ3) is 6.48. The van der Waals surface area contributed by atoms with Gasteiger partial charge in [0.2, 0.25) is 11.8 Å². The molecule has 0 heterocycles. The second kappa shape index (κ2) is 6.80. The fourth-order valence-electron chi connectivity index (χ4n) is 0.996. The van der Waals surface area contributed by atoms with E-state index in [4.69, 9.17) is 5.11 Å². The Morgan fingerprint density at radius 2 is 1.87 bits per heavy atom. The van der Waals surface area contributed by atoms with Crippen LogP contribution in [0, 0.1) is 0 Å². The molecule has 0 saturated carbocycles. The zero-order valence-electron chi connectivity index (χ0n) is 8.87. The highest BCUT2D eigenvalue weighted by molar-refractivity contribution is 5.87. The molecule has 1 atom stereocenters. The summed E-state index contributed by atoms with van der Waals surface area (Å²) in [6.07, 6.45) is 0.358. The van der Waals surface area contributed by atoms with Gasteiger partial charge in [0.1, 0.15) is 6.04 Å². The Morgan fingerprint density at radius 1 is 1.27 bits per heavy atom. The number of carboxylic acid groups (broad SMARTS) is 1. The number of hydrogen-bond acceptors (Lipinski definition) is 3. The third-order valence-corrected chi connectivity index (χ3v) is 1.81. The number of rotatable bonds is 6. The number of carboxylic acids is 1. The average Bonchev–Trinajstić information content (AvgIpc) is 2.15. The van der Waals surface area contributed by atoms with Gasteiger partial charge in [0, 0.05) is 19.9 Å². The van der Waals surface area contributed by atoms with Gasteiger partial charge in [-0.2, -0.15) is 0 Å². The molecule has 0 rings (SSSR count). The van der Waals surface area contributed by atoms with Crippen LogP contribution in [0.3, 0.4) is 0 Å². The van der Waals surface area contributed by atoms with Crippen LogP contribution in [-0.2, 0) is 14.4 Å². The first kappa shape index (κ1) is 13.4. The summed E-state index contributed by atoms with van der Waals surface area (Å²) in [6.45, 7) is 1.56. The normalized spacial score (nSPS) is 11.6. The molecular formula is C9H16N2O4. The largest absolute Gasteiger partial charge is 0.481 e. The summed E-state index contributed by atoms with van der Waals surface area (Å²) >= 11 is 0. The molecule has 0 aromatic carbocycles. The molecule has 6 heteroatoms. The fourth-order valence-corrected chi connectivity index (χ4v) is 0.996. The smallest absolute Gasteiger partial charge is 0.303 e. The van der Waals surface area contributed by atoms with Crippen LogP contribution in [0.2, 0.25) is 0 Å². The summed E-state index contributed by atoms with van der Waals surface area (Å²) in [7, 11) is 1.48. The SMILES string of the molecule is CNC(=O)C(C)NC(=O)CCCC(=O)O. The summed E-state index contributed by atoms with van der Waals surface area (Å²) in [5.74, 6) is -1.52. The van der Waals surface area contributed by atoms with E-state index in [0.29, 0.717) is 0 Å². The van der Waals surface area contributed by atoms with Gasteiger partial charge in [-0.05, 0) is 13.3 Å². The van der Waals surface area contributed by atoms with Crippen molar-refractivity contribution >= 4 is 17.8 Å². The van der Waals surface area contributed by atoms with Crippen LogP contribution < -0.4 is 10.6 Å². The summed E-state index contributed by atoms with van der Waals surface area (Å²) in [5.41, 5.74) is 0. The Bertz CT molecular complexity index is 252. The van der Waals surface area contributed by atoms with E-state index in [1.165, 1.54) is 7.05 Å². The molecule has 0 radical (unpaired) electrons. The van der Waals surface area contributed by atoms with Crippen molar-refractivity contribution in [3.8, 4) is 0 Å². The van der Waals surface area contributed by atoms with E-state index in [9.17, 15) is 14.4 Å². The van der Waals surface area contributed by atoms with Crippen molar-refractivity contribution in [1.29, 1.82) is 0 Å². The van der Waals surface area contributed by atoms with Gasteiger partial charge < -0.3 is 15.7 Å². The second-order valence-corrected chi connectivity index (χ2v) is 3.15. The molecule has 3 N–H and O–H groups in total. The molecule has 0 aliphatic carbocycles. The lowest BCUT2D eigenvalue weighted by Crippen LogP contribution is -2.43. The van der Waals surface area contributed by atoms with Crippen molar-refractivity contribution in [3.05, 3.63) is 0 Å². The fraction of sp³-hybridized carbons (Fsp3) is 0.667. The minimum absolute atomic E-state index is 0.0399. The van der Waals surface area contributed by atoms with E-state index in [-0.39, 0.29) is 31.1 Å². The van der Waals surface area contributed by atoms with Crippen molar-refractivity contribution in [2.75, 3.05) is 7.05 Å². The highest BCUT2D eigenvalue weighted by atomic mass is 16.4. The molecule has 15 heavy (non-hydrogen) atoms. The molecule has 0 bridgehead atoms.